The predicted octanol–water partition coefficient (Wildman–Crippen LogP) is 1.55. The fourth-order valence-corrected chi connectivity index (χ4v) is 2.98. The molecule has 1 aromatic heterocycles. The van der Waals surface area contributed by atoms with Gasteiger partial charge in [-0.15, -0.1) is 4.40 Å². The predicted molar refractivity (Wildman–Crippen MR) is 85.3 cm³/mol. The van der Waals surface area contributed by atoms with E-state index in [-0.39, 0.29) is 29.6 Å². The zero-order valence-corrected chi connectivity index (χ0v) is 14.8. The summed E-state index contributed by atoms with van der Waals surface area (Å²) in [6.45, 7) is 5.32. The molecule has 132 valence electrons. The first-order chi connectivity index (χ1) is 11.3. The lowest BCUT2D eigenvalue weighted by molar-refractivity contribution is -0.140. The van der Waals surface area contributed by atoms with Gasteiger partial charge in [-0.3, -0.25) is 4.31 Å². The topological polar surface area (TPSA) is 115 Å². The number of nitrogens with zero attached hydrogens (tertiary/aromatic N) is 4. The van der Waals surface area contributed by atoms with E-state index in [0.29, 0.717) is 5.89 Å². The third kappa shape index (κ3) is 3.81. The van der Waals surface area contributed by atoms with Gasteiger partial charge in [-0.25, -0.2) is 4.79 Å². The van der Waals surface area contributed by atoms with E-state index >= 15 is 0 Å². The summed E-state index contributed by atoms with van der Waals surface area (Å²) in [5.74, 6) is 0.256. The number of hydrogen-bond acceptors (Lipinski definition) is 7. The minimum absolute atomic E-state index is 0.0658. The van der Waals surface area contributed by atoms with Gasteiger partial charge in [-0.1, -0.05) is 19.0 Å². The van der Waals surface area contributed by atoms with E-state index in [0.717, 1.165) is 17.1 Å². The van der Waals surface area contributed by atoms with Gasteiger partial charge >= 0.3 is 16.2 Å². The van der Waals surface area contributed by atoms with Crippen LogP contribution in [0.1, 0.15) is 51.2 Å². The van der Waals surface area contributed by atoms with Crippen LogP contribution < -0.4 is 0 Å². The molecule has 0 aliphatic carbocycles. The summed E-state index contributed by atoms with van der Waals surface area (Å²) < 4.78 is 37.8. The Bertz CT molecular complexity index is 777. The van der Waals surface area contributed by atoms with Gasteiger partial charge in [0, 0.05) is 19.2 Å². The van der Waals surface area contributed by atoms with Crippen LogP contribution in [0.15, 0.2) is 20.7 Å². The average Bonchev–Trinajstić information content (AvgIpc) is 2.98. The van der Waals surface area contributed by atoms with Crippen molar-refractivity contribution in [2.75, 3.05) is 7.05 Å². The zero-order chi connectivity index (χ0) is 17.9. The second-order valence-electron chi connectivity index (χ2n) is 5.35. The number of aromatic nitrogens is 2. The first-order valence-corrected chi connectivity index (χ1v) is 8.94. The maximum Gasteiger partial charge on any atom is 0.344 e. The molecular formula is C14H20N4O5S. The molecule has 2 heterocycles. The van der Waals surface area contributed by atoms with Gasteiger partial charge in [0.25, 0.3) is 0 Å². The van der Waals surface area contributed by atoms with E-state index < -0.39 is 16.2 Å². The van der Waals surface area contributed by atoms with Gasteiger partial charge in [0.1, 0.15) is 0 Å². The van der Waals surface area contributed by atoms with Gasteiger partial charge in [0.2, 0.25) is 11.7 Å². The molecule has 0 spiro atoms. The summed E-state index contributed by atoms with van der Waals surface area (Å²) in [7, 11) is -2.47. The van der Waals surface area contributed by atoms with E-state index in [1.54, 1.807) is 0 Å². The summed E-state index contributed by atoms with van der Waals surface area (Å²) in [4.78, 5) is 16.3. The fourth-order valence-electron chi connectivity index (χ4n) is 2.17. The minimum atomic E-state index is -3.76. The molecule has 0 bridgehead atoms. The number of ether oxygens (including phenoxy) is 1. The largest absolute Gasteiger partial charge is 0.454 e. The Labute approximate surface area is 140 Å². The van der Waals surface area contributed by atoms with Crippen molar-refractivity contribution in [1.82, 2.24) is 14.4 Å². The van der Waals surface area contributed by atoms with Crippen molar-refractivity contribution in [2.24, 2.45) is 4.40 Å². The quantitative estimate of drug-likeness (QED) is 0.710. The van der Waals surface area contributed by atoms with E-state index in [1.807, 2.05) is 13.8 Å². The van der Waals surface area contributed by atoms with Crippen LogP contribution in [0.5, 0.6) is 0 Å². The standard InChI is InChI=1S/C14H20N4O5S/c1-5-10(6-2)13-15-12(16-23-13)8-22-14(19)11-7-18(4)24(20,21)17-9(11)3/h7,10H,5-6,8H2,1-4H3. The minimum Gasteiger partial charge on any atom is -0.454 e. The molecule has 0 amide bonds. The molecule has 0 fully saturated rings. The Morgan fingerprint density at radius 2 is 2.04 bits per heavy atom. The lowest BCUT2D eigenvalue weighted by atomic mass is 10.0. The number of esters is 1. The lowest BCUT2D eigenvalue weighted by Crippen LogP contribution is -2.29. The molecule has 24 heavy (non-hydrogen) atoms. The molecule has 1 aliphatic heterocycles. The third-order valence-corrected chi connectivity index (χ3v) is 5.03. The van der Waals surface area contributed by atoms with Crippen molar-refractivity contribution in [3.05, 3.63) is 23.5 Å². The molecule has 0 saturated carbocycles. The van der Waals surface area contributed by atoms with Gasteiger partial charge in [0.15, 0.2) is 6.61 Å². The second kappa shape index (κ2) is 7.12. The summed E-state index contributed by atoms with van der Waals surface area (Å²) >= 11 is 0. The van der Waals surface area contributed by atoms with E-state index in [4.69, 9.17) is 9.26 Å². The zero-order valence-electron chi connectivity index (χ0n) is 14.0. The molecule has 0 aromatic carbocycles. The molecule has 1 aromatic rings. The fraction of sp³-hybridized carbons (Fsp3) is 0.571. The third-order valence-electron chi connectivity index (χ3n) is 3.69. The number of hydrogen-bond donors (Lipinski definition) is 0. The highest BCUT2D eigenvalue weighted by Crippen LogP contribution is 2.21. The Morgan fingerprint density at radius 3 is 2.67 bits per heavy atom. The Morgan fingerprint density at radius 1 is 1.38 bits per heavy atom. The van der Waals surface area contributed by atoms with Gasteiger partial charge in [-0.2, -0.15) is 13.4 Å². The van der Waals surface area contributed by atoms with Crippen LogP contribution in [0.2, 0.25) is 0 Å². The molecule has 0 N–H and O–H groups in total. The first-order valence-electron chi connectivity index (χ1n) is 7.54. The summed E-state index contributed by atoms with van der Waals surface area (Å²) in [5, 5.41) is 3.79. The van der Waals surface area contributed by atoms with Crippen LogP contribution in [0.4, 0.5) is 0 Å². The van der Waals surface area contributed by atoms with Gasteiger partial charge in [0.05, 0.1) is 11.3 Å². The molecule has 0 atom stereocenters. The average molecular weight is 356 g/mol. The molecule has 2 rings (SSSR count). The lowest BCUT2D eigenvalue weighted by Gasteiger charge is -2.18. The van der Waals surface area contributed by atoms with E-state index in [2.05, 4.69) is 14.5 Å². The smallest absolute Gasteiger partial charge is 0.344 e. The van der Waals surface area contributed by atoms with Crippen molar-refractivity contribution in [3.63, 3.8) is 0 Å². The van der Waals surface area contributed by atoms with Crippen molar-refractivity contribution >= 4 is 21.9 Å². The molecular weight excluding hydrogens is 336 g/mol. The Balaban J connectivity index is 2.03. The molecule has 0 unspecified atom stereocenters. The number of rotatable bonds is 6. The van der Waals surface area contributed by atoms with Crippen LogP contribution in [0.3, 0.4) is 0 Å². The highest BCUT2D eigenvalue weighted by molar-refractivity contribution is 7.88. The highest BCUT2D eigenvalue weighted by Gasteiger charge is 2.26. The van der Waals surface area contributed by atoms with Crippen LogP contribution in [-0.4, -0.2) is 41.6 Å². The maximum absolute atomic E-state index is 12.1. The van der Waals surface area contributed by atoms with E-state index in [1.165, 1.54) is 20.2 Å². The summed E-state index contributed by atoms with van der Waals surface area (Å²) in [6, 6.07) is 0. The number of carbonyl (C=O) groups excluding carboxylic acids is 1. The van der Waals surface area contributed by atoms with E-state index in [9.17, 15) is 13.2 Å². The molecule has 0 saturated heterocycles. The van der Waals surface area contributed by atoms with Crippen molar-refractivity contribution in [2.45, 2.75) is 46.1 Å². The summed E-state index contributed by atoms with van der Waals surface area (Å²) in [5.41, 5.74) is 0.139. The molecule has 9 nitrogen and oxygen atoms in total. The van der Waals surface area contributed by atoms with Crippen molar-refractivity contribution < 1.29 is 22.5 Å². The summed E-state index contributed by atoms with van der Waals surface area (Å²) in [6.07, 6.45) is 2.93. The molecule has 1 aliphatic rings. The van der Waals surface area contributed by atoms with Gasteiger partial charge in [-0.05, 0) is 19.8 Å². The van der Waals surface area contributed by atoms with Crippen LogP contribution >= 0.6 is 0 Å². The molecule has 0 radical (unpaired) electrons. The second-order valence-corrected chi connectivity index (χ2v) is 7.01. The Hall–Kier alpha value is -2.23. The van der Waals surface area contributed by atoms with Crippen LogP contribution in [0.25, 0.3) is 0 Å². The van der Waals surface area contributed by atoms with Crippen molar-refractivity contribution in [1.29, 1.82) is 0 Å². The highest BCUT2D eigenvalue weighted by atomic mass is 32.2. The normalized spacial score (nSPS) is 16.8. The molecule has 10 heteroatoms. The first kappa shape index (κ1) is 18.1. The number of carbonyl (C=O) groups is 1. The van der Waals surface area contributed by atoms with Gasteiger partial charge < -0.3 is 9.26 Å². The SMILES string of the molecule is CCC(CC)c1nc(COC(=O)C2=CN(C)S(=O)(=O)N=C2C)no1. The van der Waals surface area contributed by atoms with Crippen molar-refractivity contribution in [3.8, 4) is 0 Å². The van der Waals surface area contributed by atoms with Crippen LogP contribution in [0, 0.1) is 0 Å². The monoisotopic (exact) mass is 356 g/mol. The Kier molecular flexibility index (Phi) is 5.37. The maximum atomic E-state index is 12.1. The van der Waals surface area contributed by atoms with Crippen LogP contribution in [-0.2, 0) is 26.3 Å².